The van der Waals surface area contributed by atoms with Gasteiger partial charge in [0.25, 0.3) is 0 Å². The predicted octanol–water partition coefficient (Wildman–Crippen LogP) is 4.16. The van der Waals surface area contributed by atoms with Gasteiger partial charge in [0.15, 0.2) is 5.75 Å². The van der Waals surface area contributed by atoms with Crippen molar-refractivity contribution >= 4 is 34.2 Å². The van der Waals surface area contributed by atoms with Crippen LogP contribution in [0.4, 0.5) is 0 Å². The molecule has 0 saturated heterocycles. The maximum absolute atomic E-state index is 9.64. The highest BCUT2D eigenvalue weighted by Crippen LogP contribution is 2.33. The van der Waals surface area contributed by atoms with Crippen molar-refractivity contribution < 1.29 is 5.11 Å². The molecule has 110 valence electrons. The number of halogens is 2. The minimum atomic E-state index is -0.125. The number of hydrogen-bond donors (Lipinski definition) is 1. The van der Waals surface area contributed by atoms with E-state index in [1.807, 2.05) is 28.8 Å². The van der Waals surface area contributed by atoms with Crippen molar-refractivity contribution in [3.8, 4) is 11.8 Å². The Hall–Kier alpha value is -2.22. The van der Waals surface area contributed by atoms with Crippen LogP contribution >= 0.6 is 23.2 Å². The predicted molar refractivity (Wildman–Crippen MR) is 86.3 cm³/mol. The van der Waals surface area contributed by atoms with Crippen molar-refractivity contribution in [3.63, 3.8) is 0 Å². The molecule has 0 fully saturated rings. The molecule has 0 unspecified atom stereocenters. The molecule has 0 aliphatic carbocycles. The number of aromatic nitrogens is 2. The Bertz CT molecular complexity index is 873. The molecule has 0 bridgehead atoms. The van der Waals surface area contributed by atoms with E-state index in [2.05, 4.69) is 11.1 Å². The third-order valence-corrected chi connectivity index (χ3v) is 3.96. The number of nitriles is 1. The van der Waals surface area contributed by atoms with Crippen molar-refractivity contribution in [3.05, 3.63) is 57.8 Å². The van der Waals surface area contributed by atoms with Gasteiger partial charge in [-0.1, -0.05) is 35.3 Å². The quantitative estimate of drug-likeness (QED) is 0.783. The van der Waals surface area contributed by atoms with E-state index in [0.29, 0.717) is 12.4 Å². The zero-order valence-electron chi connectivity index (χ0n) is 11.4. The summed E-state index contributed by atoms with van der Waals surface area (Å²) in [7, 11) is 0. The molecule has 1 aromatic heterocycles. The van der Waals surface area contributed by atoms with Crippen LogP contribution in [-0.4, -0.2) is 14.7 Å². The van der Waals surface area contributed by atoms with Crippen molar-refractivity contribution in [1.29, 1.82) is 5.26 Å². The lowest BCUT2D eigenvalue weighted by Gasteiger charge is -2.10. The van der Waals surface area contributed by atoms with Gasteiger partial charge < -0.3 is 9.67 Å². The minimum Gasteiger partial charge on any atom is -0.505 e. The minimum absolute atomic E-state index is 0.125. The SMILES string of the molecule is N#CCc1nc2ccccc2n1Cc1cc(Cl)c(O)c(Cl)c1. The van der Waals surface area contributed by atoms with E-state index < -0.39 is 0 Å². The maximum Gasteiger partial charge on any atom is 0.152 e. The molecule has 6 heteroatoms. The zero-order chi connectivity index (χ0) is 15.7. The molecule has 0 spiro atoms. The summed E-state index contributed by atoms with van der Waals surface area (Å²) < 4.78 is 1.96. The third kappa shape index (κ3) is 2.61. The first-order chi connectivity index (χ1) is 10.6. The number of hydrogen-bond acceptors (Lipinski definition) is 3. The Morgan fingerprint density at radius 1 is 1.18 bits per heavy atom. The van der Waals surface area contributed by atoms with Gasteiger partial charge in [-0.2, -0.15) is 5.26 Å². The van der Waals surface area contributed by atoms with E-state index in [9.17, 15) is 5.11 Å². The first-order valence-electron chi connectivity index (χ1n) is 6.58. The van der Waals surface area contributed by atoms with Crippen molar-refractivity contribution in [2.45, 2.75) is 13.0 Å². The van der Waals surface area contributed by atoms with Gasteiger partial charge in [0.1, 0.15) is 5.82 Å². The standard InChI is InChI=1S/C16H11Cl2N3O/c17-11-7-10(8-12(18)16(11)22)9-21-14-4-2-1-3-13(14)20-15(21)5-6-19/h1-4,7-8,22H,5,9H2. The Morgan fingerprint density at radius 2 is 1.86 bits per heavy atom. The lowest BCUT2D eigenvalue weighted by atomic mass is 10.2. The van der Waals surface area contributed by atoms with Crippen LogP contribution in [0.5, 0.6) is 5.75 Å². The van der Waals surface area contributed by atoms with Gasteiger partial charge in [-0.15, -0.1) is 0 Å². The molecule has 3 rings (SSSR count). The molecule has 0 aliphatic rings. The molecule has 22 heavy (non-hydrogen) atoms. The maximum atomic E-state index is 9.64. The van der Waals surface area contributed by atoms with Crippen LogP contribution in [-0.2, 0) is 13.0 Å². The van der Waals surface area contributed by atoms with E-state index in [4.69, 9.17) is 28.5 Å². The molecule has 1 N–H and O–H groups in total. The zero-order valence-corrected chi connectivity index (χ0v) is 12.9. The summed E-state index contributed by atoms with van der Waals surface area (Å²) in [5.41, 5.74) is 2.60. The number of fused-ring (bicyclic) bond motifs is 1. The van der Waals surface area contributed by atoms with E-state index >= 15 is 0 Å². The van der Waals surface area contributed by atoms with Crippen molar-refractivity contribution in [2.75, 3.05) is 0 Å². The Balaban J connectivity index is 2.10. The van der Waals surface area contributed by atoms with Gasteiger partial charge >= 0.3 is 0 Å². The van der Waals surface area contributed by atoms with Crippen LogP contribution in [0.1, 0.15) is 11.4 Å². The molecule has 0 atom stereocenters. The molecular formula is C16H11Cl2N3O. The molecule has 4 nitrogen and oxygen atoms in total. The van der Waals surface area contributed by atoms with E-state index in [0.717, 1.165) is 16.6 Å². The second kappa shape index (κ2) is 5.88. The lowest BCUT2D eigenvalue weighted by Crippen LogP contribution is -2.05. The summed E-state index contributed by atoms with van der Waals surface area (Å²) in [6.45, 7) is 0.469. The number of phenols is 1. The number of phenolic OH excluding ortho intramolecular Hbond substituents is 1. The van der Waals surface area contributed by atoms with Crippen molar-refractivity contribution in [2.24, 2.45) is 0 Å². The van der Waals surface area contributed by atoms with Crippen LogP contribution < -0.4 is 0 Å². The second-order valence-electron chi connectivity index (χ2n) is 4.85. The van der Waals surface area contributed by atoms with Gasteiger partial charge in [0, 0.05) is 6.54 Å². The lowest BCUT2D eigenvalue weighted by molar-refractivity contribution is 0.475. The molecule has 2 aromatic carbocycles. The highest BCUT2D eigenvalue weighted by atomic mass is 35.5. The van der Waals surface area contributed by atoms with Crippen LogP contribution in [0.15, 0.2) is 36.4 Å². The molecule has 1 heterocycles. The van der Waals surface area contributed by atoms with E-state index in [1.165, 1.54) is 0 Å². The molecular weight excluding hydrogens is 321 g/mol. The fraction of sp³-hybridized carbons (Fsp3) is 0.125. The molecule has 0 saturated carbocycles. The summed E-state index contributed by atoms with van der Waals surface area (Å²) >= 11 is 11.9. The third-order valence-electron chi connectivity index (χ3n) is 3.39. The normalized spacial score (nSPS) is 10.8. The Labute approximate surface area is 137 Å². The van der Waals surface area contributed by atoms with Crippen LogP contribution in [0.3, 0.4) is 0 Å². The number of rotatable bonds is 3. The second-order valence-corrected chi connectivity index (χ2v) is 5.66. The smallest absolute Gasteiger partial charge is 0.152 e. The van der Waals surface area contributed by atoms with Crippen LogP contribution in [0.25, 0.3) is 11.0 Å². The average Bonchev–Trinajstić information content (AvgIpc) is 2.83. The molecule has 0 aliphatic heterocycles. The fourth-order valence-electron chi connectivity index (χ4n) is 2.40. The van der Waals surface area contributed by atoms with Gasteiger partial charge in [-0.3, -0.25) is 0 Å². The largest absolute Gasteiger partial charge is 0.505 e. The number of aromatic hydroxyl groups is 1. The number of imidazole rings is 1. The summed E-state index contributed by atoms with van der Waals surface area (Å²) in [6, 6.07) is 13.1. The Kier molecular flexibility index (Phi) is 3.93. The van der Waals surface area contributed by atoms with E-state index in [1.54, 1.807) is 12.1 Å². The molecule has 3 aromatic rings. The van der Waals surface area contributed by atoms with Gasteiger partial charge in [0.2, 0.25) is 0 Å². The monoisotopic (exact) mass is 331 g/mol. The fourth-order valence-corrected chi connectivity index (χ4v) is 2.93. The van der Waals surface area contributed by atoms with Crippen molar-refractivity contribution in [1.82, 2.24) is 9.55 Å². The number of nitrogens with zero attached hydrogens (tertiary/aromatic N) is 3. The van der Waals surface area contributed by atoms with Crippen LogP contribution in [0, 0.1) is 11.3 Å². The number of para-hydroxylation sites is 2. The summed E-state index contributed by atoms with van der Waals surface area (Å²) in [4.78, 5) is 4.49. The summed E-state index contributed by atoms with van der Waals surface area (Å²) in [6.07, 6.45) is 0.216. The molecule has 0 amide bonds. The first kappa shape index (κ1) is 14.7. The van der Waals surface area contributed by atoms with Crippen LogP contribution in [0.2, 0.25) is 10.0 Å². The highest BCUT2D eigenvalue weighted by Gasteiger charge is 2.12. The average molecular weight is 332 g/mol. The summed E-state index contributed by atoms with van der Waals surface area (Å²) in [5, 5.41) is 19.0. The topological polar surface area (TPSA) is 61.8 Å². The van der Waals surface area contributed by atoms with Gasteiger partial charge in [0.05, 0.1) is 33.6 Å². The first-order valence-corrected chi connectivity index (χ1v) is 7.33. The summed E-state index contributed by atoms with van der Waals surface area (Å²) in [5.74, 6) is 0.559. The Morgan fingerprint density at radius 3 is 2.55 bits per heavy atom. The molecule has 0 radical (unpaired) electrons. The van der Waals surface area contributed by atoms with Gasteiger partial charge in [-0.25, -0.2) is 4.98 Å². The highest BCUT2D eigenvalue weighted by molar-refractivity contribution is 6.37. The van der Waals surface area contributed by atoms with E-state index in [-0.39, 0.29) is 22.2 Å². The number of benzene rings is 2. The van der Waals surface area contributed by atoms with Gasteiger partial charge in [-0.05, 0) is 29.8 Å².